The van der Waals surface area contributed by atoms with Gasteiger partial charge in [0.25, 0.3) is 0 Å². The lowest BCUT2D eigenvalue weighted by Gasteiger charge is -2.33. The van der Waals surface area contributed by atoms with Gasteiger partial charge in [-0.15, -0.1) is 0 Å². The summed E-state index contributed by atoms with van der Waals surface area (Å²) < 4.78 is 0. The quantitative estimate of drug-likeness (QED) is 0.834. The highest BCUT2D eigenvalue weighted by Gasteiger charge is 2.18. The van der Waals surface area contributed by atoms with Gasteiger partial charge < -0.3 is 10.6 Å². The van der Waals surface area contributed by atoms with E-state index in [2.05, 4.69) is 35.2 Å². The van der Waals surface area contributed by atoms with E-state index in [0.29, 0.717) is 6.04 Å². The van der Waals surface area contributed by atoms with Crippen molar-refractivity contribution in [2.24, 2.45) is 5.73 Å². The van der Waals surface area contributed by atoms with Gasteiger partial charge in [-0.2, -0.15) is 0 Å². The summed E-state index contributed by atoms with van der Waals surface area (Å²) in [7, 11) is 0. The van der Waals surface area contributed by atoms with E-state index in [-0.39, 0.29) is 0 Å². The third-order valence-electron chi connectivity index (χ3n) is 3.64. The van der Waals surface area contributed by atoms with E-state index in [9.17, 15) is 0 Å². The molecule has 0 saturated carbocycles. The Kier molecular flexibility index (Phi) is 2.92. The Bertz CT molecular complexity index is 565. The molecule has 0 bridgehead atoms. The van der Waals surface area contributed by atoms with E-state index < -0.39 is 0 Å². The highest BCUT2D eigenvalue weighted by Crippen LogP contribution is 2.27. The number of aryl methyl sites for hydroxylation is 1. The summed E-state index contributed by atoms with van der Waals surface area (Å²) in [6, 6.07) is 10.9. The SMILES string of the molecule is Cc1ccc2cccc(N3CCCC(N)C3)c2n1. The van der Waals surface area contributed by atoms with E-state index in [1.807, 2.05) is 6.92 Å². The minimum Gasteiger partial charge on any atom is -0.368 e. The standard InChI is InChI=1S/C15H19N3/c1-11-7-8-12-4-2-6-14(15(12)17-11)18-9-3-5-13(16)10-18/h2,4,6-8,13H,3,5,9-10,16H2,1H3. The smallest absolute Gasteiger partial charge is 0.0938 e. The van der Waals surface area contributed by atoms with Crippen LogP contribution in [0.15, 0.2) is 30.3 Å². The molecule has 1 aromatic heterocycles. The van der Waals surface area contributed by atoms with Crippen molar-refractivity contribution in [3.8, 4) is 0 Å². The van der Waals surface area contributed by atoms with Gasteiger partial charge in [0.2, 0.25) is 0 Å². The van der Waals surface area contributed by atoms with Crippen molar-refractivity contribution in [1.29, 1.82) is 0 Å². The molecular weight excluding hydrogens is 222 g/mol. The van der Waals surface area contributed by atoms with Gasteiger partial charge in [0.05, 0.1) is 11.2 Å². The van der Waals surface area contributed by atoms with Crippen LogP contribution in [0.4, 0.5) is 5.69 Å². The fourth-order valence-corrected chi connectivity index (χ4v) is 2.71. The van der Waals surface area contributed by atoms with Crippen LogP contribution in [0, 0.1) is 6.92 Å². The monoisotopic (exact) mass is 241 g/mol. The number of nitrogens with zero attached hydrogens (tertiary/aromatic N) is 2. The first-order valence-corrected chi connectivity index (χ1v) is 6.61. The number of hydrogen-bond donors (Lipinski definition) is 1. The zero-order chi connectivity index (χ0) is 12.5. The molecule has 1 fully saturated rings. The van der Waals surface area contributed by atoms with Crippen LogP contribution >= 0.6 is 0 Å². The molecule has 2 N–H and O–H groups in total. The van der Waals surface area contributed by atoms with Crippen molar-refractivity contribution >= 4 is 16.6 Å². The van der Waals surface area contributed by atoms with Gasteiger partial charge in [0.1, 0.15) is 0 Å². The summed E-state index contributed by atoms with van der Waals surface area (Å²) in [6.07, 6.45) is 2.30. The van der Waals surface area contributed by atoms with Crippen molar-refractivity contribution < 1.29 is 0 Å². The molecule has 0 spiro atoms. The molecule has 1 atom stereocenters. The molecular formula is C15H19N3. The first-order valence-electron chi connectivity index (χ1n) is 6.61. The van der Waals surface area contributed by atoms with Crippen LogP contribution in [0.5, 0.6) is 0 Å². The second kappa shape index (κ2) is 4.58. The summed E-state index contributed by atoms with van der Waals surface area (Å²) in [5.74, 6) is 0. The lowest BCUT2D eigenvalue weighted by molar-refractivity contribution is 0.507. The van der Waals surface area contributed by atoms with Crippen LogP contribution in [-0.4, -0.2) is 24.1 Å². The average molecular weight is 241 g/mol. The Morgan fingerprint density at radius 3 is 3.00 bits per heavy atom. The molecule has 3 rings (SSSR count). The summed E-state index contributed by atoms with van der Waals surface area (Å²) in [5.41, 5.74) is 9.47. The van der Waals surface area contributed by atoms with Gasteiger partial charge in [-0.05, 0) is 31.9 Å². The predicted octanol–water partition coefficient (Wildman–Crippen LogP) is 2.47. The largest absolute Gasteiger partial charge is 0.368 e. The fraction of sp³-hybridized carbons (Fsp3) is 0.400. The number of piperidine rings is 1. The van der Waals surface area contributed by atoms with Gasteiger partial charge in [-0.25, -0.2) is 0 Å². The number of benzene rings is 1. The van der Waals surface area contributed by atoms with Crippen LogP contribution in [-0.2, 0) is 0 Å². The van der Waals surface area contributed by atoms with Crippen molar-refractivity contribution in [3.63, 3.8) is 0 Å². The molecule has 18 heavy (non-hydrogen) atoms. The number of aromatic nitrogens is 1. The highest BCUT2D eigenvalue weighted by molar-refractivity contribution is 5.91. The normalized spacial score (nSPS) is 20.3. The zero-order valence-corrected chi connectivity index (χ0v) is 10.8. The maximum absolute atomic E-state index is 6.07. The van der Waals surface area contributed by atoms with E-state index in [0.717, 1.165) is 30.7 Å². The van der Waals surface area contributed by atoms with Gasteiger partial charge in [-0.1, -0.05) is 18.2 Å². The van der Waals surface area contributed by atoms with Gasteiger partial charge in [0.15, 0.2) is 0 Å². The van der Waals surface area contributed by atoms with Gasteiger partial charge in [-0.3, -0.25) is 4.98 Å². The number of fused-ring (bicyclic) bond motifs is 1. The Balaban J connectivity index is 2.07. The molecule has 1 saturated heterocycles. The first kappa shape index (κ1) is 11.5. The molecule has 1 aromatic carbocycles. The van der Waals surface area contributed by atoms with E-state index in [1.54, 1.807) is 0 Å². The molecule has 1 aliphatic rings. The topological polar surface area (TPSA) is 42.1 Å². The number of hydrogen-bond acceptors (Lipinski definition) is 3. The average Bonchev–Trinajstić information content (AvgIpc) is 2.38. The number of rotatable bonds is 1. The minimum atomic E-state index is 0.291. The molecule has 0 amide bonds. The minimum absolute atomic E-state index is 0.291. The number of anilines is 1. The number of para-hydroxylation sites is 1. The molecule has 0 radical (unpaired) electrons. The predicted molar refractivity (Wildman–Crippen MR) is 75.9 cm³/mol. The third-order valence-corrected chi connectivity index (χ3v) is 3.64. The zero-order valence-electron chi connectivity index (χ0n) is 10.8. The Hall–Kier alpha value is -1.61. The van der Waals surface area contributed by atoms with Crippen LogP contribution < -0.4 is 10.6 Å². The van der Waals surface area contributed by atoms with E-state index >= 15 is 0 Å². The summed E-state index contributed by atoms with van der Waals surface area (Å²) in [4.78, 5) is 7.07. The maximum Gasteiger partial charge on any atom is 0.0938 e. The van der Waals surface area contributed by atoms with Crippen LogP contribution in [0.3, 0.4) is 0 Å². The van der Waals surface area contributed by atoms with Crippen molar-refractivity contribution in [3.05, 3.63) is 36.0 Å². The Labute approximate surface area is 108 Å². The molecule has 1 unspecified atom stereocenters. The van der Waals surface area contributed by atoms with Gasteiger partial charge in [0, 0.05) is 30.2 Å². The van der Waals surface area contributed by atoms with Crippen molar-refractivity contribution in [1.82, 2.24) is 4.98 Å². The van der Waals surface area contributed by atoms with Crippen molar-refractivity contribution in [2.75, 3.05) is 18.0 Å². The summed E-state index contributed by atoms with van der Waals surface area (Å²) in [5, 5.41) is 1.21. The third kappa shape index (κ3) is 2.06. The second-order valence-corrected chi connectivity index (χ2v) is 5.15. The molecule has 3 nitrogen and oxygen atoms in total. The highest BCUT2D eigenvalue weighted by atomic mass is 15.2. The van der Waals surface area contributed by atoms with Crippen LogP contribution in [0.2, 0.25) is 0 Å². The molecule has 0 aliphatic carbocycles. The summed E-state index contributed by atoms with van der Waals surface area (Å²) >= 11 is 0. The van der Waals surface area contributed by atoms with E-state index in [1.165, 1.54) is 17.5 Å². The fourth-order valence-electron chi connectivity index (χ4n) is 2.71. The molecule has 2 aromatic rings. The number of nitrogens with two attached hydrogens (primary N) is 1. The van der Waals surface area contributed by atoms with Crippen LogP contribution in [0.1, 0.15) is 18.5 Å². The number of pyridine rings is 1. The van der Waals surface area contributed by atoms with Gasteiger partial charge >= 0.3 is 0 Å². The lowest BCUT2D eigenvalue weighted by atomic mass is 10.0. The molecule has 3 heteroatoms. The van der Waals surface area contributed by atoms with E-state index in [4.69, 9.17) is 10.7 Å². The molecule has 94 valence electrons. The maximum atomic E-state index is 6.07. The first-order chi connectivity index (χ1) is 8.74. The van der Waals surface area contributed by atoms with Crippen LogP contribution in [0.25, 0.3) is 10.9 Å². The van der Waals surface area contributed by atoms with Crippen molar-refractivity contribution in [2.45, 2.75) is 25.8 Å². The Morgan fingerprint density at radius 1 is 1.28 bits per heavy atom. The lowest BCUT2D eigenvalue weighted by Crippen LogP contribution is -2.42. The molecule has 1 aliphatic heterocycles. The molecule has 2 heterocycles. The summed E-state index contributed by atoms with van der Waals surface area (Å²) in [6.45, 7) is 4.06. The second-order valence-electron chi connectivity index (χ2n) is 5.15. The Morgan fingerprint density at radius 2 is 2.17 bits per heavy atom.